The fourth-order valence-corrected chi connectivity index (χ4v) is 9.70. The van der Waals surface area contributed by atoms with Crippen LogP contribution in [-0.2, 0) is 0 Å². The van der Waals surface area contributed by atoms with E-state index in [0.29, 0.717) is 0 Å². The molecule has 316 valence electrons. The largest absolute Gasteiger partial charge is 0.455 e. The number of hydrogen-bond donors (Lipinski definition) is 0. The topological polar surface area (TPSA) is 19.6 Å². The molecule has 0 amide bonds. The van der Waals surface area contributed by atoms with Crippen LogP contribution in [0, 0.1) is 0 Å². The molecule has 3 heteroatoms. The molecule has 0 N–H and O–H groups in total. The number of benzene rings is 11. The van der Waals surface area contributed by atoms with Gasteiger partial charge in [-0.1, -0.05) is 212 Å². The lowest BCUT2D eigenvalue weighted by Crippen LogP contribution is -2.18. The lowest BCUT2D eigenvalue weighted by atomic mass is 9.97. The summed E-state index contributed by atoms with van der Waals surface area (Å²) >= 11 is 0. The summed E-state index contributed by atoms with van der Waals surface area (Å²) in [5, 5.41) is 4.28. The summed E-state index contributed by atoms with van der Waals surface area (Å²) in [6.45, 7) is 0. The summed E-state index contributed by atoms with van der Waals surface area (Å²) in [4.78, 5) is 4.91. The van der Waals surface area contributed by atoms with Gasteiger partial charge in [-0.15, -0.1) is 0 Å². The zero-order valence-corrected chi connectivity index (χ0v) is 36.7. The Labute approximate surface area is 390 Å². The maximum atomic E-state index is 7.08. The van der Waals surface area contributed by atoms with Crippen molar-refractivity contribution in [3.63, 3.8) is 0 Å². The van der Waals surface area contributed by atoms with Crippen molar-refractivity contribution in [3.05, 3.63) is 267 Å². The number of furan rings is 1. The second-order valence-corrected chi connectivity index (χ2v) is 16.8. The Morgan fingerprint density at radius 1 is 0.269 bits per heavy atom. The van der Waals surface area contributed by atoms with Gasteiger partial charge in [0.15, 0.2) is 0 Å². The van der Waals surface area contributed by atoms with E-state index < -0.39 is 0 Å². The van der Waals surface area contributed by atoms with Crippen LogP contribution in [0.5, 0.6) is 0 Å². The summed E-state index contributed by atoms with van der Waals surface area (Å²) < 4.78 is 7.08. The first-order valence-electron chi connectivity index (χ1n) is 22.8. The third kappa shape index (κ3) is 7.29. The third-order valence-electron chi connectivity index (χ3n) is 12.9. The van der Waals surface area contributed by atoms with Crippen molar-refractivity contribution in [2.24, 2.45) is 0 Å². The van der Waals surface area contributed by atoms with Crippen LogP contribution in [0.3, 0.4) is 0 Å². The Kier molecular flexibility index (Phi) is 10.2. The second kappa shape index (κ2) is 17.2. The van der Waals surface area contributed by atoms with Crippen molar-refractivity contribution >= 4 is 66.8 Å². The molecule has 11 aromatic carbocycles. The van der Waals surface area contributed by atoms with Crippen LogP contribution in [0.2, 0.25) is 0 Å². The number of hydrogen-bond acceptors (Lipinski definition) is 3. The van der Waals surface area contributed by atoms with Gasteiger partial charge in [-0.2, -0.15) is 0 Å². The molecular formula is C64H44N2O. The highest BCUT2D eigenvalue weighted by Gasteiger charge is 2.30. The molecule has 0 aliphatic heterocycles. The highest BCUT2D eigenvalue weighted by atomic mass is 16.3. The summed E-state index contributed by atoms with van der Waals surface area (Å²) in [6, 6.07) is 95.6. The van der Waals surface area contributed by atoms with Crippen LogP contribution in [0.4, 0.5) is 34.1 Å². The van der Waals surface area contributed by atoms with Gasteiger partial charge in [0.25, 0.3) is 0 Å². The SMILES string of the molecule is c1ccc(-c2ccc(N(c3ccccc3-c3ccccc3)c3ccc4oc5c6ccccc6ccc5c4c3N(c3ccc(-c4ccccc4)cc3)c3ccccc3-c3ccccc3)cc2)cc1. The van der Waals surface area contributed by atoms with E-state index in [9.17, 15) is 0 Å². The van der Waals surface area contributed by atoms with Gasteiger partial charge in [0, 0.05) is 33.3 Å². The lowest BCUT2D eigenvalue weighted by molar-refractivity contribution is 0.672. The van der Waals surface area contributed by atoms with E-state index in [1.165, 1.54) is 11.1 Å². The molecule has 0 aliphatic carbocycles. The van der Waals surface area contributed by atoms with Gasteiger partial charge >= 0.3 is 0 Å². The van der Waals surface area contributed by atoms with Gasteiger partial charge in [-0.25, -0.2) is 0 Å². The van der Waals surface area contributed by atoms with E-state index >= 15 is 0 Å². The van der Waals surface area contributed by atoms with E-state index in [0.717, 1.165) is 100 Å². The Bertz CT molecular complexity index is 3660. The Morgan fingerprint density at radius 2 is 0.701 bits per heavy atom. The molecule has 1 aromatic heterocycles. The van der Waals surface area contributed by atoms with E-state index in [1.54, 1.807) is 0 Å². The van der Waals surface area contributed by atoms with E-state index in [-0.39, 0.29) is 0 Å². The van der Waals surface area contributed by atoms with Crippen molar-refractivity contribution in [2.75, 3.05) is 9.80 Å². The Morgan fingerprint density at radius 3 is 1.25 bits per heavy atom. The van der Waals surface area contributed by atoms with Crippen molar-refractivity contribution < 1.29 is 4.42 Å². The molecule has 0 aliphatic rings. The zero-order valence-electron chi connectivity index (χ0n) is 36.7. The normalized spacial score (nSPS) is 11.3. The van der Waals surface area contributed by atoms with Gasteiger partial charge in [0.1, 0.15) is 11.2 Å². The third-order valence-corrected chi connectivity index (χ3v) is 12.9. The Hall–Kier alpha value is -8.92. The second-order valence-electron chi connectivity index (χ2n) is 16.8. The number of rotatable bonds is 10. The molecule has 67 heavy (non-hydrogen) atoms. The van der Waals surface area contributed by atoms with Crippen molar-refractivity contribution in [2.45, 2.75) is 0 Å². The molecule has 1 heterocycles. The number of fused-ring (bicyclic) bond motifs is 5. The highest BCUT2D eigenvalue weighted by Crippen LogP contribution is 2.54. The zero-order chi connectivity index (χ0) is 44.5. The predicted molar refractivity (Wildman–Crippen MR) is 282 cm³/mol. The molecule has 0 spiro atoms. The molecule has 0 saturated carbocycles. The van der Waals surface area contributed by atoms with Crippen molar-refractivity contribution in [1.29, 1.82) is 0 Å². The van der Waals surface area contributed by atoms with E-state index in [1.807, 2.05) is 0 Å². The first-order chi connectivity index (χ1) is 33.3. The molecule has 12 aromatic rings. The minimum atomic E-state index is 0.809. The minimum absolute atomic E-state index is 0.809. The number of para-hydroxylation sites is 2. The van der Waals surface area contributed by atoms with Crippen molar-refractivity contribution in [3.8, 4) is 44.5 Å². The van der Waals surface area contributed by atoms with Gasteiger partial charge in [0.05, 0.1) is 28.1 Å². The molecule has 0 unspecified atom stereocenters. The van der Waals surface area contributed by atoms with Crippen LogP contribution >= 0.6 is 0 Å². The Balaban J connectivity index is 1.21. The minimum Gasteiger partial charge on any atom is -0.455 e. The fraction of sp³-hybridized carbons (Fsp3) is 0. The van der Waals surface area contributed by atoms with Gasteiger partial charge in [0.2, 0.25) is 0 Å². The molecule has 0 fully saturated rings. The molecule has 0 radical (unpaired) electrons. The average molecular weight is 857 g/mol. The fourth-order valence-electron chi connectivity index (χ4n) is 9.70. The molecule has 0 saturated heterocycles. The maximum absolute atomic E-state index is 7.08. The summed E-state index contributed by atoms with van der Waals surface area (Å²) in [7, 11) is 0. The summed E-state index contributed by atoms with van der Waals surface area (Å²) in [5.41, 5.74) is 16.9. The van der Waals surface area contributed by atoms with E-state index in [4.69, 9.17) is 4.42 Å². The quantitative estimate of drug-likeness (QED) is 0.137. The van der Waals surface area contributed by atoms with Crippen LogP contribution < -0.4 is 9.80 Å². The first kappa shape index (κ1) is 39.7. The number of anilines is 6. The summed E-state index contributed by atoms with van der Waals surface area (Å²) in [5.74, 6) is 0. The molecule has 0 atom stereocenters. The standard InChI is InChI=1S/C64H44N2O/c1-5-19-45(20-6-1)47-33-38-52(39-34-47)65(58-31-17-15-28-54(58)49-23-9-3-10-24-49)60-43-44-61-62(57-42-37-51-27-13-14-30-56(51)64(57)67-61)63(60)66(53-40-35-48(36-41-53)46-21-7-2-8-22-46)59-32-18-16-29-55(59)50-25-11-4-12-26-50/h1-44H. The van der Waals surface area contributed by atoms with Crippen LogP contribution in [0.25, 0.3) is 77.2 Å². The van der Waals surface area contributed by atoms with Crippen LogP contribution in [0.15, 0.2) is 271 Å². The lowest BCUT2D eigenvalue weighted by Gasteiger charge is -2.35. The summed E-state index contributed by atoms with van der Waals surface area (Å²) in [6.07, 6.45) is 0. The predicted octanol–water partition coefficient (Wildman–Crippen LogP) is 18.3. The molecule has 3 nitrogen and oxygen atoms in total. The van der Waals surface area contributed by atoms with Crippen LogP contribution in [0.1, 0.15) is 0 Å². The monoisotopic (exact) mass is 856 g/mol. The smallest absolute Gasteiger partial charge is 0.143 e. The van der Waals surface area contributed by atoms with Crippen molar-refractivity contribution in [1.82, 2.24) is 0 Å². The van der Waals surface area contributed by atoms with Gasteiger partial charge < -0.3 is 14.2 Å². The molecule has 0 bridgehead atoms. The van der Waals surface area contributed by atoms with E-state index in [2.05, 4.69) is 277 Å². The molecular weight excluding hydrogens is 813 g/mol. The highest BCUT2D eigenvalue weighted by molar-refractivity contribution is 6.22. The van der Waals surface area contributed by atoms with Gasteiger partial charge in [-0.3, -0.25) is 0 Å². The molecule has 12 rings (SSSR count). The van der Waals surface area contributed by atoms with Crippen LogP contribution in [-0.4, -0.2) is 0 Å². The average Bonchev–Trinajstić information content (AvgIpc) is 3.81. The number of nitrogens with zero attached hydrogens (tertiary/aromatic N) is 2. The maximum Gasteiger partial charge on any atom is 0.143 e. The first-order valence-corrected chi connectivity index (χ1v) is 22.8. The van der Waals surface area contributed by atoms with Gasteiger partial charge in [-0.05, 0) is 93.4 Å².